The van der Waals surface area contributed by atoms with E-state index in [1.807, 2.05) is 0 Å². The lowest BCUT2D eigenvalue weighted by Crippen LogP contribution is -2.47. The van der Waals surface area contributed by atoms with Crippen LogP contribution in [0.5, 0.6) is 0 Å². The molecule has 1 heterocycles. The first-order valence-corrected chi connectivity index (χ1v) is 5.46. The zero-order chi connectivity index (χ0) is 13.7. The highest BCUT2D eigenvalue weighted by atomic mass is 16.4. The summed E-state index contributed by atoms with van der Waals surface area (Å²) >= 11 is 0. The molecule has 0 aliphatic carbocycles. The van der Waals surface area contributed by atoms with Crippen molar-refractivity contribution in [3.63, 3.8) is 0 Å². The second-order valence-electron chi connectivity index (χ2n) is 3.81. The molecule has 100 valence electrons. The van der Waals surface area contributed by atoms with E-state index in [0.717, 1.165) is 4.90 Å². The number of hydrogen-bond donors (Lipinski definition) is 3. The number of aliphatic carboxylic acids is 1. The molecular formula is C9H16N6O3. The van der Waals surface area contributed by atoms with E-state index >= 15 is 0 Å². The molecule has 2 unspecified atom stereocenters. The average Bonchev–Trinajstić information content (AvgIpc) is 2.82. The molecule has 9 nitrogen and oxygen atoms in total. The van der Waals surface area contributed by atoms with E-state index in [2.05, 4.69) is 25.9 Å². The molecule has 2 amide bonds. The minimum absolute atomic E-state index is 0.329. The van der Waals surface area contributed by atoms with E-state index in [9.17, 15) is 9.59 Å². The summed E-state index contributed by atoms with van der Waals surface area (Å²) in [5, 5.41) is 24.7. The summed E-state index contributed by atoms with van der Waals surface area (Å²) < 4.78 is 0. The molecule has 18 heavy (non-hydrogen) atoms. The summed E-state index contributed by atoms with van der Waals surface area (Å²) in [5.74, 6) is -0.706. The van der Waals surface area contributed by atoms with Crippen LogP contribution in [0, 0.1) is 0 Å². The number of likely N-dealkylation sites (N-methyl/N-ethyl adjacent to an activating group) is 1. The fourth-order valence-corrected chi connectivity index (χ4v) is 1.46. The van der Waals surface area contributed by atoms with Gasteiger partial charge in [0, 0.05) is 7.05 Å². The van der Waals surface area contributed by atoms with Gasteiger partial charge in [-0.1, -0.05) is 12.1 Å². The van der Waals surface area contributed by atoms with Gasteiger partial charge in [0.2, 0.25) is 0 Å². The molecule has 0 aliphatic rings. The Morgan fingerprint density at radius 1 is 1.56 bits per heavy atom. The monoisotopic (exact) mass is 256 g/mol. The van der Waals surface area contributed by atoms with E-state index in [1.165, 1.54) is 7.05 Å². The maximum Gasteiger partial charge on any atom is 0.326 e. The van der Waals surface area contributed by atoms with Gasteiger partial charge in [0.1, 0.15) is 6.04 Å². The van der Waals surface area contributed by atoms with Gasteiger partial charge in [-0.15, -0.1) is 10.2 Å². The second kappa shape index (κ2) is 5.94. The fourth-order valence-electron chi connectivity index (χ4n) is 1.46. The first-order valence-electron chi connectivity index (χ1n) is 5.46. The molecule has 0 saturated heterocycles. The maximum atomic E-state index is 11.8. The molecule has 2 atom stereocenters. The minimum Gasteiger partial charge on any atom is -0.480 e. The van der Waals surface area contributed by atoms with Crippen LogP contribution in [0.3, 0.4) is 0 Å². The van der Waals surface area contributed by atoms with Crippen molar-refractivity contribution in [1.82, 2.24) is 30.8 Å². The van der Waals surface area contributed by atoms with Crippen molar-refractivity contribution in [3.8, 4) is 0 Å². The van der Waals surface area contributed by atoms with Crippen LogP contribution >= 0.6 is 0 Å². The van der Waals surface area contributed by atoms with E-state index < -0.39 is 24.1 Å². The molecule has 9 heteroatoms. The van der Waals surface area contributed by atoms with Crippen molar-refractivity contribution >= 4 is 12.0 Å². The van der Waals surface area contributed by atoms with E-state index in [4.69, 9.17) is 5.11 Å². The SMILES string of the molecule is CCC(C(=O)O)N(C)C(=O)NC(C)c1nn[nH]n1. The molecule has 0 aliphatic heterocycles. The zero-order valence-corrected chi connectivity index (χ0v) is 10.4. The molecule has 0 spiro atoms. The highest BCUT2D eigenvalue weighted by molar-refractivity contribution is 5.82. The van der Waals surface area contributed by atoms with Gasteiger partial charge in [0.15, 0.2) is 5.82 Å². The smallest absolute Gasteiger partial charge is 0.326 e. The molecule has 3 N–H and O–H groups in total. The molecule has 0 bridgehead atoms. The Morgan fingerprint density at radius 3 is 2.67 bits per heavy atom. The van der Waals surface area contributed by atoms with Crippen molar-refractivity contribution in [2.75, 3.05) is 7.05 Å². The number of carboxylic acid groups (broad SMARTS) is 1. The normalized spacial score (nSPS) is 13.7. The van der Waals surface area contributed by atoms with Crippen LogP contribution in [0.2, 0.25) is 0 Å². The summed E-state index contributed by atoms with van der Waals surface area (Å²) in [6.07, 6.45) is 0.329. The highest BCUT2D eigenvalue weighted by Crippen LogP contribution is 2.07. The lowest BCUT2D eigenvalue weighted by Gasteiger charge is -2.25. The molecule has 1 aromatic heterocycles. The Kier molecular flexibility index (Phi) is 4.58. The van der Waals surface area contributed by atoms with Gasteiger partial charge in [0.05, 0.1) is 6.04 Å². The zero-order valence-electron chi connectivity index (χ0n) is 10.4. The van der Waals surface area contributed by atoms with Crippen molar-refractivity contribution in [1.29, 1.82) is 0 Å². The highest BCUT2D eigenvalue weighted by Gasteiger charge is 2.26. The first kappa shape index (κ1) is 13.9. The number of carbonyl (C=O) groups is 2. The largest absolute Gasteiger partial charge is 0.480 e. The topological polar surface area (TPSA) is 124 Å². The number of aromatic amines is 1. The van der Waals surface area contributed by atoms with E-state index in [-0.39, 0.29) is 0 Å². The number of rotatable bonds is 5. The van der Waals surface area contributed by atoms with Gasteiger partial charge >= 0.3 is 12.0 Å². The molecule has 0 radical (unpaired) electrons. The molecule has 1 aromatic rings. The molecule has 0 fully saturated rings. The molecule has 0 saturated carbocycles. The lowest BCUT2D eigenvalue weighted by molar-refractivity contribution is -0.141. The number of hydrogen-bond acceptors (Lipinski definition) is 5. The van der Waals surface area contributed by atoms with Crippen molar-refractivity contribution in [2.45, 2.75) is 32.4 Å². The van der Waals surface area contributed by atoms with Crippen molar-refractivity contribution in [3.05, 3.63) is 5.82 Å². The van der Waals surface area contributed by atoms with Gasteiger partial charge < -0.3 is 15.3 Å². The summed E-state index contributed by atoms with van der Waals surface area (Å²) in [4.78, 5) is 23.9. The Balaban J connectivity index is 2.62. The standard InChI is InChI=1S/C9H16N6O3/c1-4-6(8(16)17)15(3)9(18)10-5(2)7-11-13-14-12-7/h5-6H,4H2,1-3H3,(H,10,18)(H,16,17)(H,11,12,13,14). The summed E-state index contributed by atoms with van der Waals surface area (Å²) in [5.41, 5.74) is 0. The number of carbonyl (C=O) groups excluding carboxylic acids is 1. The Morgan fingerprint density at radius 2 is 2.22 bits per heavy atom. The molecule has 1 rings (SSSR count). The van der Waals surface area contributed by atoms with Gasteiger partial charge in [0.25, 0.3) is 0 Å². The summed E-state index contributed by atoms with van der Waals surface area (Å²) in [7, 11) is 1.43. The van der Waals surface area contributed by atoms with Gasteiger partial charge in [-0.3, -0.25) is 0 Å². The number of nitrogens with one attached hydrogen (secondary N) is 2. The Bertz CT molecular complexity index is 406. The van der Waals surface area contributed by atoms with E-state index in [0.29, 0.717) is 12.2 Å². The third-order valence-corrected chi connectivity index (χ3v) is 2.55. The Hall–Kier alpha value is -2.19. The van der Waals surface area contributed by atoms with Gasteiger partial charge in [-0.2, -0.15) is 5.21 Å². The summed E-state index contributed by atoms with van der Waals surface area (Å²) in [6, 6.07) is -1.81. The van der Waals surface area contributed by atoms with Crippen LogP contribution in [0.15, 0.2) is 0 Å². The number of tetrazole rings is 1. The van der Waals surface area contributed by atoms with Gasteiger partial charge in [-0.25, -0.2) is 9.59 Å². The average molecular weight is 256 g/mol. The summed E-state index contributed by atoms with van der Waals surface area (Å²) in [6.45, 7) is 3.38. The second-order valence-corrected chi connectivity index (χ2v) is 3.81. The quantitative estimate of drug-likeness (QED) is 0.668. The van der Waals surface area contributed by atoms with Crippen LogP contribution < -0.4 is 5.32 Å². The van der Waals surface area contributed by atoms with Crippen LogP contribution in [0.1, 0.15) is 32.1 Å². The number of nitrogens with zero attached hydrogens (tertiary/aromatic N) is 4. The van der Waals surface area contributed by atoms with Crippen molar-refractivity contribution in [2.24, 2.45) is 0 Å². The third kappa shape index (κ3) is 3.15. The third-order valence-electron chi connectivity index (χ3n) is 2.55. The molecule has 0 aromatic carbocycles. The lowest BCUT2D eigenvalue weighted by atomic mass is 10.2. The van der Waals surface area contributed by atoms with Gasteiger partial charge in [-0.05, 0) is 13.3 Å². The van der Waals surface area contributed by atoms with Crippen LogP contribution in [0.25, 0.3) is 0 Å². The maximum absolute atomic E-state index is 11.8. The molecular weight excluding hydrogens is 240 g/mol. The predicted molar refractivity (Wildman–Crippen MR) is 60.6 cm³/mol. The van der Waals surface area contributed by atoms with Crippen LogP contribution in [0.4, 0.5) is 4.79 Å². The number of amides is 2. The number of aromatic nitrogens is 4. The Labute approximate surface area is 104 Å². The number of urea groups is 1. The number of carboxylic acids is 1. The first-order chi connectivity index (χ1) is 8.47. The number of H-pyrrole nitrogens is 1. The minimum atomic E-state index is -1.04. The van der Waals surface area contributed by atoms with Crippen LogP contribution in [-0.4, -0.2) is 55.7 Å². The van der Waals surface area contributed by atoms with Crippen molar-refractivity contribution < 1.29 is 14.7 Å². The predicted octanol–water partition coefficient (Wildman–Crippen LogP) is -0.235. The fraction of sp³-hybridized carbons (Fsp3) is 0.667. The van der Waals surface area contributed by atoms with E-state index in [1.54, 1.807) is 13.8 Å². The van der Waals surface area contributed by atoms with Crippen LogP contribution in [-0.2, 0) is 4.79 Å².